The Morgan fingerprint density at radius 1 is 1.33 bits per heavy atom. The fraction of sp³-hybridized carbons (Fsp3) is 0.846. The van der Waals surface area contributed by atoms with Crippen LogP contribution in [0.1, 0.15) is 33.6 Å². The first-order valence-electron chi connectivity index (χ1n) is 6.40. The monoisotopic (exact) mass is 317 g/mol. The maximum atomic E-state index is 12.0. The van der Waals surface area contributed by atoms with Crippen molar-refractivity contribution in [3.05, 3.63) is 0 Å². The van der Waals surface area contributed by atoms with Gasteiger partial charge >= 0.3 is 6.09 Å². The third kappa shape index (κ3) is 2.71. The number of likely N-dealkylation sites (tertiary alicyclic amines) is 1. The number of ether oxygens (including phenoxy) is 1. The van der Waals surface area contributed by atoms with Gasteiger partial charge in [0.25, 0.3) is 0 Å². The van der Waals surface area contributed by atoms with Crippen LogP contribution in [0.4, 0.5) is 4.79 Å². The SMILES string of the molecule is CC(C)(C)OC(=O)N1CC2CC1CC2C(=O)CBr. The Kier molecular flexibility index (Phi) is 3.72. The van der Waals surface area contributed by atoms with E-state index >= 15 is 0 Å². The summed E-state index contributed by atoms with van der Waals surface area (Å²) in [7, 11) is 0. The van der Waals surface area contributed by atoms with E-state index in [-0.39, 0.29) is 23.8 Å². The molecule has 0 aromatic carbocycles. The van der Waals surface area contributed by atoms with Crippen molar-refractivity contribution < 1.29 is 14.3 Å². The lowest BCUT2D eigenvalue weighted by atomic mass is 9.91. The summed E-state index contributed by atoms with van der Waals surface area (Å²) in [6.45, 7) is 6.28. The number of piperidine rings is 1. The fourth-order valence-corrected chi connectivity index (χ4v) is 3.41. The summed E-state index contributed by atoms with van der Waals surface area (Å²) >= 11 is 3.23. The number of hydrogen-bond acceptors (Lipinski definition) is 3. The van der Waals surface area contributed by atoms with Crippen molar-refractivity contribution in [2.75, 3.05) is 11.9 Å². The number of halogens is 1. The summed E-state index contributed by atoms with van der Waals surface area (Å²) in [6, 6.07) is 0.192. The number of carbonyl (C=O) groups excluding carboxylic acids is 2. The summed E-state index contributed by atoms with van der Waals surface area (Å²) in [5.74, 6) is 0.729. The van der Waals surface area contributed by atoms with Crippen LogP contribution >= 0.6 is 15.9 Å². The molecule has 0 aromatic heterocycles. The largest absolute Gasteiger partial charge is 0.444 e. The molecular formula is C13H20BrNO3. The number of Topliss-reactive ketones (excluding diaryl/α,β-unsaturated/α-hetero) is 1. The Hall–Kier alpha value is -0.580. The van der Waals surface area contributed by atoms with Crippen molar-refractivity contribution in [1.82, 2.24) is 4.90 Å². The van der Waals surface area contributed by atoms with Gasteiger partial charge in [0.05, 0.1) is 5.33 Å². The third-order valence-electron chi connectivity index (χ3n) is 3.72. The minimum atomic E-state index is -0.454. The zero-order valence-electron chi connectivity index (χ0n) is 11.1. The third-order valence-corrected chi connectivity index (χ3v) is 4.27. The van der Waals surface area contributed by atoms with E-state index in [2.05, 4.69) is 15.9 Å². The summed E-state index contributed by atoms with van der Waals surface area (Å²) in [4.78, 5) is 25.5. The predicted octanol–water partition coefficient (Wildman–Crippen LogP) is 2.60. The van der Waals surface area contributed by atoms with Crippen LogP contribution in [0.25, 0.3) is 0 Å². The summed E-state index contributed by atoms with van der Waals surface area (Å²) < 4.78 is 5.39. The number of nitrogens with zero attached hydrogens (tertiary/aromatic N) is 1. The molecule has 0 N–H and O–H groups in total. The zero-order chi connectivity index (χ0) is 13.5. The maximum Gasteiger partial charge on any atom is 0.410 e. The highest BCUT2D eigenvalue weighted by Gasteiger charge is 2.49. The number of fused-ring (bicyclic) bond motifs is 2. The Morgan fingerprint density at radius 3 is 2.44 bits per heavy atom. The highest BCUT2D eigenvalue weighted by atomic mass is 79.9. The van der Waals surface area contributed by atoms with Crippen molar-refractivity contribution in [2.24, 2.45) is 11.8 Å². The summed E-state index contributed by atoms with van der Waals surface area (Å²) in [5, 5.41) is 0.424. The number of rotatable bonds is 2. The minimum absolute atomic E-state index is 0.132. The van der Waals surface area contributed by atoms with Crippen LogP contribution in [0.5, 0.6) is 0 Å². The van der Waals surface area contributed by atoms with E-state index in [4.69, 9.17) is 4.74 Å². The molecule has 0 radical (unpaired) electrons. The van der Waals surface area contributed by atoms with Crippen LogP contribution in [0, 0.1) is 11.8 Å². The molecule has 2 bridgehead atoms. The van der Waals surface area contributed by atoms with E-state index in [0.29, 0.717) is 17.8 Å². The Labute approximate surface area is 116 Å². The molecule has 1 heterocycles. The second kappa shape index (κ2) is 4.83. The average molecular weight is 318 g/mol. The van der Waals surface area contributed by atoms with Crippen molar-refractivity contribution in [3.8, 4) is 0 Å². The van der Waals surface area contributed by atoms with Crippen LogP contribution in [0.3, 0.4) is 0 Å². The molecule has 1 amide bonds. The van der Waals surface area contributed by atoms with Gasteiger partial charge in [-0.1, -0.05) is 15.9 Å². The highest BCUT2D eigenvalue weighted by molar-refractivity contribution is 9.09. The van der Waals surface area contributed by atoms with Crippen LogP contribution in [-0.2, 0) is 9.53 Å². The second-order valence-corrected chi connectivity index (χ2v) is 6.79. The van der Waals surface area contributed by atoms with Crippen molar-refractivity contribution >= 4 is 27.8 Å². The van der Waals surface area contributed by atoms with Gasteiger partial charge in [-0.15, -0.1) is 0 Å². The standard InChI is InChI=1S/C13H20BrNO3/c1-13(2,3)18-12(17)15-7-8-4-9(15)5-10(8)11(16)6-14/h8-10H,4-7H2,1-3H3. The van der Waals surface area contributed by atoms with Gasteiger partial charge in [0.2, 0.25) is 0 Å². The van der Waals surface area contributed by atoms with E-state index in [9.17, 15) is 9.59 Å². The Morgan fingerprint density at radius 2 is 2.00 bits per heavy atom. The lowest BCUT2D eigenvalue weighted by molar-refractivity contribution is -0.122. The molecule has 1 saturated carbocycles. The number of hydrogen-bond donors (Lipinski definition) is 0. The number of alkyl halides is 1. The molecule has 0 aromatic rings. The lowest BCUT2D eigenvalue weighted by Crippen LogP contribution is -2.44. The lowest BCUT2D eigenvalue weighted by Gasteiger charge is -2.32. The molecule has 1 saturated heterocycles. The van der Waals surface area contributed by atoms with E-state index in [0.717, 1.165) is 12.8 Å². The van der Waals surface area contributed by atoms with Crippen LogP contribution in [0.2, 0.25) is 0 Å². The van der Waals surface area contributed by atoms with E-state index in [1.807, 2.05) is 20.8 Å². The summed E-state index contributed by atoms with van der Waals surface area (Å²) in [5.41, 5.74) is -0.454. The molecule has 4 nitrogen and oxygen atoms in total. The number of ketones is 1. The molecule has 1 aliphatic carbocycles. The first-order chi connectivity index (χ1) is 8.31. The molecular weight excluding hydrogens is 298 g/mol. The van der Waals surface area contributed by atoms with Gasteiger partial charge in [-0.2, -0.15) is 0 Å². The topological polar surface area (TPSA) is 46.6 Å². The van der Waals surface area contributed by atoms with Gasteiger partial charge in [0, 0.05) is 18.5 Å². The van der Waals surface area contributed by atoms with Gasteiger partial charge in [-0.3, -0.25) is 4.79 Å². The molecule has 1 aliphatic heterocycles. The smallest absolute Gasteiger partial charge is 0.410 e. The van der Waals surface area contributed by atoms with Gasteiger partial charge in [0.1, 0.15) is 11.4 Å². The van der Waals surface area contributed by atoms with E-state index < -0.39 is 5.60 Å². The minimum Gasteiger partial charge on any atom is -0.444 e. The van der Waals surface area contributed by atoms with Crippen LogP contribution < -0.4 is 0 Å². The normalized spacial score (nSPS) is 30.7. The molecule has 3 unspecified atom stereocenters. The van der Waals surface area contributed by atoms with E-state index in [1.165, 1.54) is 0 Å². The zero-order valence-corrected chi connectivity index (χ0v) is 12.7. The molecule has 18 heavy (non-hydrogen) atoms. The van der Waals surface area contributed by atoms with Crippen molar-refractivity contribution in [2.45, 2.75) is 45.3 Å². The first kappa shape index (κ1) is 13.8. The molecule has 2 aliphatic rings. The molecule has 5 heteroatoms. The molecule has 0 spiro atoms. The van der Waals surface area contributed by atoms with Crippen molar-refractivity contribution in [1.29, 1.82) is 0 Å². The highest BCUT2D eigenvalue weighted by Crippen LogP contribution is 2.43. The van der Waals surface area contributed by atoms with Crippen LogP contribution in [0.15, 0.2) is 0 Å². The fourth-order valence-electron chi connectivity index (χ4n) is 2.99. The Bertz CT molecular complexity index is 364. The Balaban J connectivity index is 1.95. The van der Waals surface area contributed by atoms with Crippen LogP contribution in [-0.4, -0.2) is 40.3 Å². The molecule has 102 valence electrons. The number of carbonyl (C=O) groups is 2. The van der Waals surface area contributed by atoms with Gasteiger partial charge in [-0.25, -0.2) is 4.79 Å². The van der Waals surface area contributed by atoms with Crippen molar-refractivity contribution in [3.63, 3.8) is 0 Å². The molecule has 2 rings (SSSR count). The van der Waals surface area contributed by atoms with Gasteiger partial charge < -0.3 is 9.64 Å². The first-order valence-corrected chi connectivity index (χ1v) is 7.52. The summed E-state index contributed by atoms with van der Waals surface area (Å²) in [6.07, 6.45) is 1.51. The quantitative estimate of drug-likeness (QED) is 0.735. The van der Waals surface area contributed by atoms with E-state index in [1.54, 1.807) is 4.90 Å². The average Bonchev–Trinajstić information content (AvgIpc) is 2.84. The molecule has 3 atom stereocenters. The van der Waals surface area contributed by atoms with Gasteiger partial charge in [-0.05, 0) is 39.5 Å². The molecule has 2 fully saturated rings. The predicted molar refractivity (Wildman–Crippen MR) is 71.7 cm³/mol. The number of amides is 1. The van der Waals surface area contributed by atoms with Gasteiger partial charge in [0.15, 0.2) is 0 Å². The maximum absolute atomic E-state index is 12.0. The second-order valence-electron chi connectivity index (χ2n) is 6.22.